The maximum atomic E-state index is 15.0. The second kappa shape index (κ2) is 6.37. The van der Waals surface area contributed by atoms with Crippen LogP contribution in [0.4, 0.5) is 23.2 Å². The zero-order valence-electron chi connectivity index (χ0n) is 16.8. The van der Waals surface area contributed by atoms with Crippen molar-refractivity contribution in [3.63, 3.8) is 0 Å². The quantitative estimate of drug-likeness (QED) is 0.413. The standard InChI is InChI=1S/C23H14F4N2O4/c24-15-3-1-2-14-19(15)29(11-12-4-5-18(33-12)23(25,26)27)21(31)22(14)7-8-28-17(22)10-16-13(20(28)30)6-9-32-16/h1-6,9-10H,7-8,11H2. The summed E-state index contributed by atoms with van der Waals surface area (Å²) in [7, 11) is 0. The van der Waals surface area contributed by atoms with Gasteiger partial charge in [0.2, 0.25) is 11.7 Å². The fraction of sp³-hybridized carbons (Fsp3) is 0.217. The lowest BCUT2D eigenvalue weighted by molar-refractivity contribution is -0.153. The van der Waals surface area contributed by atoms with Crippen LogP contribution in [0.1, 0.15) is 29.2 Å². The Hall–Kier alpha value is -3.82. The monoisotopic (exact) mass is 458 g/mol. The summed E-state index contributed by atoms with van der Waals surface area (Å²) < 4.78 is 65.7. The molecule has 1 unspecified atom stereocenters. The lowest BCUT2D eigenvalue weighted by Gasteiger charge is -2.24. The number of hydrogen-bond donors (Lipinski definition) is 0. The maximum absolute atomic E-state index is 15.0. The number of halogens is 4. The number of pyridine rings is 1. The van der Waals surface area contributed by atoms with Crippen molar-refractivity contribution in [2.24, 2.45) is 0 Å². The number of aromatic nitrogens is 1. The van der Waals surface area contributed by atoms with Crippen LogP contribution in [0.15, 0.2) is 62.4 Å². The van der Waals surface area contributed by atoms with E-state index in [0.717, 1.165) is 17.0 Å². The summed E-state index contributed by atoms with van der Waals surface area (Å²) in [6.45, 7) is -0.165. The zero-order valence-corrected chi connectivity index (χ0v) is 16.8. The lowest BCUT2D eigenvalue weighted by atomic mass is 9.77. The molecule has 0 aliphatic carbocycles. The number of alkyl halides is 3. The first-order valence-electron chi connectivity index (χ1n) is 10.1. The third-order valence-electron chi connectivity index (χ3n) is 6.46. The summed E-state index contributed by atoms with van der Waals surface area (Å²) >= 11 is 0. The van der Waals surface area contributed by atoms with Gasteiger partial charge in [0.25, 0.3) is 5.56 Å². The normalized spacial score (nSPS) is 19.6. The van der Waals surface area contributed by atoms with Crippen LogP contribution < -0.4 is 10.5 Å². The molecule has 0 radical (unpaired) electrons. The van der Waals surface area contributed by atoms with E-state index < -0.39 is 35.6 Å². The minimum Gasteiger partial charge on any atom is -0.464 e. The van der Waals surface area contributed by atoms with Gasteiger partial charge in [0, 0.05) is 23.9 Å². The summed E-state index contributed by atoms with van der Waals surface area (Å²) in [5, 5.41) is 0.368. The first-order chi connectivity index (χ1) is 15.7. The van der Waals surface area contributed by atoms with Gasteiger partial charge < -0.3 is 18.3 Å². The van der Waals surface area contributed by atoms with Gasteiger partial charge >= 0.3 is 6.18 Å². The zero-order chi connectivity index (χ0) is 23.1. The minimum absolute atomic E-state index is 0.0344. The molecule has 3 aromatic heterocycles. The number of rotatable bonds is 2. The van der Waals surface area contributed by atoms with Gasteiger partial charge in [0.1, 0.15) is 22.6 Å². The van der Waals surface area contributed by atoms with Crippen molar-refractivity contribution in [1.29, 1.82) is 0 Å². The Labute approximate surface area is 182 Å². The predicted molar refractivity (Wildman–Crippen MR) is 107 cm³/mol. The van der Waals surface area contributed by atoms with Gasteiger partial charge in [-0.2, -0.15) is 13.2 Å². The molecule has 1 atom stereocenters. The third kappa shape index (κ3) is 2.54. The highest BCUT2D eigenvalue weighted by Crippen LogP contribution is 2.52. The molecule has 5 heterocycles. The number of carbonyl (C=O) groups is 1. The van der Waals surface area contributed by atoms with E-state index in [1.165, 1.54) is 23.0 Å². The molecule has 10 heteroatoms. The summed E-state index contributed by atoms with van der Waals surface area (Å²) in [6.07, 6.45) is -3.11. The van der Waals surface area contributed by atoms with Crippen molar-refractivity contribution in [1.82, 2.24) is 4.57 Å². The van der Waals surface area contributed by atoms with Gasteiger partial charge in [-0.25, -0.2) is 4.39 Å². The molecule has 0 saturated heterocycles. The topological polar surface area (TPSA) is 68.6 Å². The molecular formula is C23H14F4N2O4. The summed E-state index contributed by atoms with van der Waals surface area (Å²) in [4.78, 5) is 27.9. The van der Waals surface area contributed by atoms with Gasteiger partial charge in [0.05, 0.1) is 23.9 Å². The number of hydrogen-bond acceptors (Lipinski definition) is 4. The number of fused-ring (bicyclic) bond motifs is 5. The molecule has 6 nitrogen and oxygen atoms in total. The number of furan rings is 2. The molecule has 1 amide bonds. The summed E-state index contributed by atoms with van der Waals surface area (Å²) in [5.41, 5.74) is -0.697. The van der Waals surface area contributed by atoms with E-state index in [0.29, 0.717) is 22.2 Å². The number of nitrogens with zero attached hydrogens (tertiary/aromatic N) is 2. The van der Waals surface area contributed by atoms with Crippen LogP contribution >= 0.6 is 0 Å². The lowest BCUT2D eigenvalue weighted by Crippen LogP contribution is -2.40. The minimum atomic E-state index is -4.68. The Morgan fingerprint density at radius 3 is 2.67 bits per heavy atom. The van der Waals surface area contributed by atoms with Crippen molar-refractivity contribution < 1.29 is 31.2 Å². The molecule has 0 N–H and O–H groups in total. The number of anilines is 1. The average Bonchev–Trinajstić information content (AvgIpc) is 3.53. The van der Waals surface area contributed by atoms with Crippen molar-refractivity contribution in [3.05, 3.63) is 87.7 Å². The summed E-state index contributed by atoms with van der Waals surface area (Å²) in [5.74, 6) is -2.58. The number of amides is 1. The molecule has 6 rings (SSSR count). The molecule has 1 spiro atoms. The van der Waals surface area contributed by atoms with Crippen molar-refractivity contribution in [2.45, 2.75) is 31.1 Å². The molecule has 1 aromatic carbocycles. The number of benzene rings is 1. The number of para-hydroxylation sites is 1. The van der Waals surface area contributed by atoms with Crippen LogP contribution in [0.3, 0.4) is 0 Å². The molecule has 0 fully saturated rings. The highest BCUT2D eigenvalue weighted by atomic mass is 19.4. The van der Waals surface area contributed by atoms with E-state index in [2.05, 4.69) is 0 Å². The Balaban J connectivity index is 1.53. The number of carbonyl (C=O) groups excluding carboxylic acids is 1. The van der Waals surface area contributed by atoms with Crippen LogP contribution in [0.2, 0.25) is 0 Å². The van der Waals surface area contributed by atoms with Crippen LogP contribution in [0.5, 0.6) is 0 Å². The molecule has 0 bridgehead atoms. The fourth-order valence-corrected chi connectivity index (χ4v) is 5.04. The van der Waals surface area contributed by atoms with E-state index >= 15 is 4.39 Å². The Morgan fingerprint density at radius 2 is 1.91 bits per heavy atom. The SMILES string of the molecule is O=C1N(Cc2ccc(C(F)(F)F)o2)c2c(F)cccc2C12CCn1c2cc2occc2c1=O. The van der Waals surface area contributed by atoms with Gasteiger partial charge in [-0.05, 0) is 30.7 Å². The Kier molecular flexibility index (Phi) is 3.83. The first-order valence-corrected chi connectivity index (χ1v) is 10.1. The third-order valence-corrected chi connectivity index (χ3v) is 6.46. The Morgan fingerprint density at radius 1 is 1.09 bits per heavy atom. The molecule has 4 aromatic rings. The largest absolute Gasteiger partial charge is 0.464 e. The molecule has 2 aliphatic rings. The molecule has 33 heavy (non-hydrogen) atoms. The maximum Gasteiger partial charge on any atom is 0.449 e. The van der Waals surface area contributed by atoms with Gasteiger partial charge in [-0.15, -0.1) is 0 Å². The molecule has 168 valence electrons. The highest BCUT2D eigenvalue weighted by Gasteiger charge is 2.57. The van der Waals surface area contributed by atoms with Crippen LogP contribution in [0, 0.1) is 5.82 Å². The first kappa shape index (κ1) is 19.8. The highest BCUT2D eigenvalue weighted by molar-refractivity contribution is 6.10. The van der Waals surface area contributed by atoms with Crippen LogP contribution in [-0.2, 0) is 29.5 Å². The molecule has 2 aliphatic heterocycles. The van der Waals surface area contributed by atoms with E-state index in [9.17, 15) is 22.8 Å². The molecular weight excluding hydrogens is 444 g/mol. The van der Waals surface area contributed by atoms with Gasteiger partial charge in [-0.3, -0.25) is 9.59 Å². The Bertz CT molecular complexity index is 1510. The van der Waals surface area contributed by atoms with Crippen LogP contribution in [0.25, 0.3) is 11.0 Å². The second-order valence-electron chi connectivity index (χ2n) is 8.13. The van der Waals surface area contributed by atoms with Crippen molar-refractivity contribution in [2.75, 3.05) is 4.90 Å². The van der Waals surface area contributed by atoms with Gasteiger partial charge in [-0.1, -0.05) is 12.1 Å². The smallest absolute Gasteiger partial charge is 0.449 e. The average molecular weight is 458 g/mol. The summed E-state index contributed by atoms with van der Waals surface area (Å²) in [6, 6.07) is 9.28. The van der Waals surface area contributed by atoms with Gasteiger partial charge in [0.15, 0.2) is 0 Å². The van der Waals surface area contributed by atoms with E-state index in [-0.39, 0.29) is 30.0 Å². The fourth-order valence-electron chi connectivity index (χ4n) is 5.04. The van der Waals surface area contributed by atoms with Crippen LogP contribution in [-0.4, -0.2) is 10.5 Å². The van der Waals surface area contributed by atoms with Crippen molar-refractivity contribution >= 4 is 22.6 Å². The van der Waals surface area contributed by atoms with E-state index in [1.807, 2.05) is 0 Å². The van der Waals surface area contributed by atoms with E-state index in [4.69, 9.17) is 8.83 Å². The van der Waals surface area contributed by atoms with E-state index in [1.54, 1.807) is 18.2 Å². The second-order valence-corrected chi connectivity index (χ2v) is 8.13. The molecule has 0 saturated carbocycles. The van der Waals surface area contributed by atoms with Crippen molar-refractivity contribution in [3.8, 4) is 0 Å². The predicted octanol–water partition coefficient (Wildman–Crippen LogP) is 4.58.